The normalized spacial score (nSPS) is 49.0. The molecule has 2 aromatic heterocycles. The first-order chi connectivity index (χ1) is 43.2. The Labute approximate surface area is 562 Å². The number of halogens is 1. The van der Waals surface area contributed by atoms with Crippen molar-refractivity contribution in [2.45, 2.75) is 267 Å². The quantitative estimate of drug-likeness (QED) is 0.171. The number of H-pyrrole nitrogens is 1. The van der Waals surface area contributed by atoms with E-state index in [2.05, 4.69) is 99.6 Å². The lowest BCUT2D eigenvalue weighted by Gasteiger charge is -2.61. The lowest BCUT2D eigenvalue weighted by atomic mass is 9.44. The first-order valence-corrected chi connectivity index (χ1v) is 37.9. The fourth-order valence-corrected chi connectivity index (χ4v) is 27.1. The molecule has 0 spiro atoms. The third kappa shape index (κ3) is 12.7. The number of aliphatic hydroxyl groups excluding tert-OH is 1. The van der Waals surface area contributed by atoms with Crippen LogP contribution >= 0.6 is 15.9 Å². The van der Waals surface area contributed by atoms with Crippen molar-refractivity contribution in [1.82, 2.24) is 20.0 Å². The molecule has 5 N–H and O–H groups in total. The molecular formula is C78H121BrN6O7. The second-order valence-electron chi connectivity index (χ2n) is 36.1. The second kappa shape index (κ2) is 26.5. The van der Waals surface area contributed by atoms with Gasteiger partial charge >= 0.3 is 0 Å². The second-order valence-corrected chi connectivity index (χ2v) is 36.7. The fourth-order valence-electron chi connectivity index (χ4n) is 26.8. The van der Waals surface area contributed by atoms with Crippen LogP contribution in [-0.2, 0) is 20.9 Å². The predicted octanol–water partition coefficient (Wildman–Crippen LogP) is 15.7. The average Bonchev–Trinajstić information content (AvgIpc) is 1.39. The summed E-state index contributed by atoms with van der Waals surface area (Å²) in [5.74, 6) is 12.1. The minimum absolute atomic E-state index is 0.0756. The molecule has 13 nitrogen and oxygen atoms in total. The average molecular weight is 1330 g/mol. The van der Waals surface area contributed by atoms with Gasteiger partial charge in [-0.2, -0.15) is 20.7 Å². The van der Waals surface area contributed by atoms with E-state index in [9.17, 15) is 29.7 Å². The molecule has 0 saturated heterocycles. The number of Topliss-reactive ketones (excluding diaryl/α,β-unsaturated/α-hetero) is 3. The fraction of sp³-hybridized carbons (Fsp3) is 0.859. The SMILES string of the molecule is CC(=O)[C@H]1[C@H](C)C[C@H]2[C@@H]3CC[C@H]4C[C@](C)(O)CC[C@]4(C)[C@H]3CC[C@@]21C.CO.C[C@@H]1C[C@H]2[C@@H]3CC[C@H]4C[C@](C)(O)CC[C@]4(C)[C@H]3CC[C@]2(C)[C@H]1C(=O)CBr.C[C@@H]1C[C@H]2[C@@H]3CC[C@H]4C[C@](C)(O)CC[C@]4(C)[C@H]3CC[C@]2(C)[C@H]1C(=O)Cn1cc(C#N)cn1.N#Cc1cn[nH]c1. The van der Waals surface area contributed by atoms with Crippen LogP contribution in [-0.4, -0.2) is 87.0 Å². The van der Waals surface area contributed by atoms with Crippen molar-refractivity contribution in [3.05, 3.63) is 35.9 Å². The van der Waals surface area contributed by atoms with Gasteiger partial charge in [0.25, 0.3) is 0 Å². The lowest BCUT2D eigenvalue weighted by molar-refractivity contribution is -0.151. The Morgan fingerprint density at radius 2 is 0.891 bits per heavy atom. The number of alkyl halides is 1. The monoisotopic (exact) mass is 1330 g/mol. The third-order valence-electron chi connectivity index (χ3n) is 30.9. The third-order valence-corrected chi connectivity index (χ3v) is 31.4. The van der Waals surface area contributed by atoms with Gasteiger partial charge in [-0.05, 0) is 303 Å². The van der Waals surface area contributed by atoms with Crippen LogP contribution in [0.2, 0.25) is 0 Å². The summed E-state index contributed by atoms with van der Waals surface area (Å²) in [6, 6.07) is 4.02. The number of nitrogens with zero attached hydrogens (tertiary/aromatic N) is 5. The smallest absolute Gasteiger partial charge is 0.158 e. The van der Waals surface area contributed by atoms with Crippen LogP contribution in [0.15, 0.2) is 24.8 Å². The number of aromatic nitrogens is 4. The molecule has 0 aliphatic heterocycles. The Morgan fingerprint density at radius 1 is 0.522 bits per heavy atom. The molecule has 2 heterocycles. The molecule has 14 rings (SSSR count). The topological polar surface area (TPSA) is 226 Å². The molecule has 0 radical (unpaired) electrons. The Morgan fingerprint density at radius 3 is 1.22 bits per heavy atom. The van der Waals surface area contributed by atoms with Crippen LogP contribution in [0.25, 0.3) is 0 Å². The molecule has 0 unspecified atom stereocenters. The van der Waals surface area contributed by atoms with Gasteiger partial charge in [0.15, 0.2) is 5.78 Å². The zero-order valence-corrected chi connectivity index (χ0v) is 60.8. The molecule has 512 valence electrons. The van der Waals surface area contributed by atoms with Gasteiger partial charge in [0.1, 0.15) is 23.7 Å². The van der Waals surface area contributed by atoms with Gasteiger partial charge in [-0.3, -0.25) is 24.2 Å². The summed E-state index contributed by atoms with van der Waals surface area (Å²) < 4.78 is 1.65. The number of hydrogen-bond acceptors (Lipinski definition) is 11. The molecule has 2 aromatic rings. The van der Waals surface area contributed by atoms with E-state index in [1.54, 1.807) is 23.3 Å². The van der Waals surface area contributed by atoms with Crippen molar-refractivity contribution in [1.29, 1.82) is 10.5 Å². The first kappa shape index (κ1) is 71.5. The van der Waals surface area contributed by atoms with Crippen LogP contribution < -0.4 is 0 Å². The molecule has 0 bridgehead atoms. The zero-order chi connectivity index (χ0) is 67.1. The highest BCUT2D eigenvalue weighted by Crippen LogP contribution is 2.73. The molecule has 12 fully saturated rings. The van der Waals surface area contributed by atoms with Gasteiger partial charge in [-0.15, -0.1) is 0 Å². The summed E-state index contributed by atoms with van der Waals surface area (Å²) >= 11 is 3.45. The van der Waals surface area contributed by atoms with E-state index in [0.29, 0.717) is 97.4 Å². The molecule has 0 aromatic carbocycles. The number of aliphatic hydroxyl groups is 4. The van der Waals surface area contributed by atoms with E-state index in [0.717, 1.165) is 106 Å². The van der Waals surface area contributed by atoms with E-state index in [-0.39, 0.29) is 40.5 Å². The molecule has 0 amide bonds. The van der Waals surface area contributed by atoms with Crippen molar-refractivity contribution in [2.24, 2.45) is 139 Å². The standard InChI is InChI=1S/C27H39N3O2.C23H37BrO2.C23H38O2.C4H3N3.CH4O/c1-17-11-22-20-6-5-19-12-25(2,32)9-10-26(19,3)21(20)7-8-27(22,4)24(17)23(31)16-30-15-18(13-28)14-29-30;1-14-11-18-16-6-5-15-12-21(2,26)9-10-22(15,3)17(16)7-8-23(18,4)20(14)19(25)13-24;1-14-12-19-17-7-6-16-13-21(3,25)10-11-22(16,4)18(17)8-9-23(19,5)20(14)15(2)24;5-1-4-2-6-7-3-4;1-2/h14-15,17,19-22,24,32H,5-12,16H2,1-4H3;14-18,20,26H,5-13H2,1-4H3;14,16-20,25H,6-13H2,1-5H3;2-3H,(H,6,7);2H,1H3/t17-,19+,20-,21+,22+,24-,25-,26+,27+;14-,15+,16-,17+,18+,20-,21-,22+,23+;14-,16+,17-,18+,19+,20-,21-,22+,23+;;/m111../s1. The Balaban J connectivity index is 0.000000142. The van der Waals surface area contributed by atoms with Gasteiger partial charge < -0.3 is 20.4 Å². The van der Waals surface area contributed by atoms with Crippen LogP contribution in [0, 0.1) is 162 Å². The predicted molar refractivity (Wildman–Crippen MR) is 364 cm³/mol. The Kier molecular flexibility index (Phi) is 20.6. The van der Waals surface area contributed by atoms with E-state index in [1.807, 2.05) is 33.8 Å². The van der Waals surface area contributed by atoms with Crippen LogP contribution in [0.4, 0.5) is 0 Å². The van der Waals surface area contributed by atoms with Crippen molar-refractivity contribution < 1.29 is 34.8 Å². The van der Waals surface area contributed by atoms with Crippen LogP contribution in [0.5, 0.6) is 0 Å². The zero-order valence-electron chi connectivity index (χ0n) is 59.2. The van der Waals surface area contributed by atoms with E-state index < -0.39 is 16.8 Å². The van der Waals surface area contributed by atoms with E-state index in [4.69, 9.17) is 15.6 Å². The van der Waals surface area contributed by atoms with Crippen molar-refractivity contribution >= 4 is 33.3 Å². The highest BCUT2D eigenvalue weighted by atomic mass is 79.9. The number of carbonyl (C=O) groups excluding carboxylic acids is 3. The van der Waals surface area contributed by atoms with Crippen LogP contribution in [0.1, 0.15) is 255 Å². The number of hydrogen-bond donors (Lipinski definition) is 5. The number of nitrogens with one attached hydrogen (secondary N) is 1. The largest absolute Gasteiger partial charge is 0.400 e. The maximum Gasteiger partial charge on any atom is 0.158 e. The highest BCUT2D eigenvalue weighted by molar-refractivity contribution is 9.09. The first-order valence-electron chi connectivity index (χ1n) is 36.8. The minimum Gasteiger partial charge on any atom is -0.400 e. The number of fused-ring (bicyclic) bond motifs is 15. The molecule has 92 heavy (non-hydrogen) atoms. The molecule has 12 aliphatic rings. The molecular weight excluding hydrogens is 1210 g/mol. The lowest BCUT2D eigenvalue weighted by Crippen LogP contribution is -2.55. The number of ketones is 3. The summed E-state index contributed by atoms with van der Waals surface area (Å²) in [4.78, 5) is 38.7. The van der Waals surface area contributed by atoms with Gasteiger partial charge in [0.2, 0.25) is 0 Å². The van der Waals surface area contributed by atoms with E-state index in [1.165, 1.54) is 103 Å². The maximum absolute atomic E-state index is 13.5. The summed E-state index contributed by atoms with van der Waals surface area (Å²) in [7, 11) is 1.00. The van der Waals surface area contributed by atoms with E-state index >= 15 is 0 Å². The molecule has 12 aliphatic carbocycles. The Hall–Kier alpha value is -3.27. The van der Waals surface area contributed by atoms with Gasteiger partial charge in [-0.25, -0.2) is 0 Å². The van der Waals surface area contributed by atoms with Gasteiger partial charge in [0.05, 0.1) is 52.2 Å². The molecule has 27 atom stereocenters. The molecule has 14 heteroatoms. The number of rotatable bonds is 6. The summed E-state index contributed by atoms with van der Waals surface area (Å²) in [5.41, 5.74) is 1.42. The number of aromatic amines is 1. The summed E-state index contributed by atoms with van der Waals surface area (Å²) in [6.45, 7) is 30.1. The van der Waals surface area contributed by atoms with Crippen LogP contribution in [0.3, 0.4) is 0 Å². The van der Waals surface area contributed by atoms with Crippen molar-refractivity contribution in [3.63, 3.8) is 0 Å². The van der Waals surface area contributed by atoms with Crippen molar-refractivity contribution in [3.8, 4) is 12.1 Å². The van der Waals surface area contributed by atoms with Gasteiger partial charge in [0, 0.05) is 37.3 Å². The summed E-state index contributed by atoms with van der Waals surface area (Å²) in [6.07, 6.45) is 34.4. The summed E-state index contributed by atoms with van der Waals surface area (Å²) in [5, 5.41) is 67.0. The number of carbonyl (C=O) groups is 3. The van der Waals surface area contributed by atoms with Crippen molar-refractivity contribution in [2.75, 3.05) is 12.4 Å². The maximum atomic E-state index is 13.5. The number of nitriles is 2. The van der Waals surface area contributed by atoms with Gasteiger partial charge in [-0.1, -0.05) is 78.2 Å². The molecule has 12 saturated carbocycles. The minimum atomic E-state index is -0.489. The Bertz CT molecular complexity index is 3040. The highest BCUT2D eigenvalue weighted by Gasteiger charge is 2.67.